The van der Waals surface area contributed by atoms with Gasteiger partial charge in [-0.05, 0) is 68.0 Å². The van der Waals surface area contributed by atoms with Crippen LogP contribution < -0.4 is 21.3 Å². The Morgan fingerprint density at radius 2 is 1.67 bits per heavy atom. The zero-order valence-corrected chi connectivity index (χ0v) is 25.1. The first-order chi connectivity index (χ1) is 20.6. The molecule has 0 saturated carbocycles. The standard InChI is InChI=1S/C32H40N6O5/c1-19(33)34-15-7-10-25-30(40)37-26(32(42)43-4)9-6-5-8-21-11-13-28-23(16-21)24-17-22(12-14-29(24)38(28)3)18-27(31(41)36-25)35-20(2)39/h5-6,11-14,16-17,25-27H,7-10,15,18H2,1-4H3,(H2,33,34)(H,35,39)(H,36,41)(H,37,40)/t25-,26-,27-/m0/s1. The number of carbonyl (C=O) groups is 4. The van der Waals surface area contributed by atoms with Crippen molar-refractivity contribution in [1.29, 1.82) is 5.41 Å². The molecule has 2 heterocycles. The molecule has 1 aliphatic heterocycles. The number of hydrogen-bond acceptors (Lipinski definition) is 6. The number of hydrogen-bond donors (Lipinski definition) is 5. The van der Waals surface area contributed by atoms with Crippen molar-refractivity contribution in [2.45, 2.75) is 64.1 Å². The zero-order chi connectivity index (χ0) is 31.1. The number of amides is 3. The topological polar surface area (TPSA) is 154 Å². The molecule has 1 aliphatic rings. The first-order valence-corrected chi connectivity index (χ1v) is 14.5. The van der Waals surface area contributed by atoms with Gasteiger partial charge in [-0.15, -0.1) is 0 Å². The van der Waals surface area contributed by atoms with Gasteiger partial charge in [0.1, 0.15) is 18.1 Å². The number of benzene rings is 2. The molecule has 2 aromatic carbocycles. The number of nitrogens with zero attached hydrogens (tertiary/aromatic N) is 1. The van der Waals surface area contributed by atoms with Crippen LogP contribution in [0, 0.1) is 5.41 Å². The summed E-state index contributed by atoms with van der Waals surface area (Å²) in [6.45, 7) is 3.39. The summed E-state index contributed by atoms with van der Waals surface area (Å²) in [7, 11) is 3.28. The monoisotopic (exact) mass is 588 g/mol. The number of aryl methyl sites for hydroxylation is 1. The molecule has 0 fully saturated rings. The molecule has 11 heteroatoms. The van der Waals surface area contributed by atoms with Crippen LogP contribution in [-0.2, 0) is 43.8 Å². The van der Waals surface area contributed by atoms with Crippen LogP contribution in [0.15, 0.2) is 48.6 Å². The molecule has 0 unspecified atom stereocenters. The number of esters is 1. The third-order valence-electron chi connectivity index (χ3n) is 7.66. The van der Waals surface area contributed by atoms with E-state index in [1.54, 1.807) is 6.92 Å². The lowest BCUT2D eigenvalue weighted by atomic mass is 10.0. The Labute approximate surface area is 250 Å². The fraction of sp³-hybridized carbons (Fsp3) is 0.406. The fourth-order valence-corrected chi connectivity index (χ4v) is 5.46. The predicted molar refractivity (Wildman–Crippen MR) is 166 cm³/mol. The summed E-state index contributed by atoms with van der Waals surface area (Å²) in [6, 6.07) is 9.45. The summed E-state index contributed by atoms with van der Waals surface area (Å²) in [6.07, 6.45) is 5.59. The number of allylic oxidation sites excluding steroid dienone is 1. The lowest BCUT2D eigenvalue weighted by Gasteiger charge is -2.25. The van der Waals surface area contributed by atoms with E-state index in [1.807, 2.05) is 31.3 Å². The van der Waals surface area contributed by atoms with Crippen LogP contribution in [0.3, 0.4) is 0 Å². The Morgan fingerprint density at radius 1 is 1.00 bits per heavy atom. The van der Waals surface area contributed by atoms with Crippen molar-refractivity contribution in [2.24, 2.45) is 7.05 Å². The van der Waals surface area contributed by atoms with E-state index < -0.39 is 35.9 Å². The maximum Gasteiger partial charge on any atom is 0.328 e. The first-order valence-electron chi connectivity index (χ1n) is 14.5. The van der Waals surface area contributed by atoms with E-state index in [1.165, 1.54) is 14.0 Å². The molecule has 0 radical (unpaired) electrons. The summed E-state index contributed by atoms with van der Waals surface area (Å²) in [4.78, 5) is 51.8. The average Bonchev–Trinajstić information content (AvgIpc) is 3.24. The second kappa shape index (κ2) is 14.0. The van der Waals surface area contributed by atoms with E-state index >= 15 is 0 Å². The minimum Gasteiger partial charge on any atom is -0.467 e. The Balaban J connectivity index is 1.74. The van der Waals surface area contributed by atoms with Crippen LogP contribution in [0.5, 0.6) is 0 Å². The minimum atomic E-state index is -0.984. The minimum absolute atomic E-state index is 0.210. The number of carbonyl (C=O) groups excluding carboxylic acids is 4. The van der Waals surface area contributed by atoms with Crippen molar-refractivity contribution < 1.29 is 23.9 Å². The summed E-state index contributed by atoms with van der Waals surface area (Å²) in [5.41, 5.74) is 4.07. The maximum absolute atomic E-state index is 13.6. The molecule has 3 atom stereocenters. The van der Waals surface area contributed by atoms with Crippen molar-refractivity contribution in [3.63, 3.8) is 0 Å². The van der Waals surface area contributed by atoms with Crippen LogP contribution in [0.2, 0.25) is 0 Å². The van der Waals surface area contributed by atoms with E-state index in [4.69, 9.17) is 10.1 Å². The highest BCUT2D eigenvalue weighted by Gasteiger charge is 2.29. The fourth-order valence-electron chi connectivity index (χ4n) is 5.46. The summed E-state index contributed by atoms with van der Waals surface area (Å²) in [5, 5.41) is 20.9. The van der Waals surface area contributed by atoms with E-state index in [-0.39, 0.29) is 25.2 Å². The van der Waals surface area contributed by atoms with E-state index in [0.29, 0.717) is 25.2 Å². The van der Waals surface area contributed by atoms with Gasteiger partial charge in [0.25, 0.3) is 0 Å². The molecule has 0 spiro atoms. The van der Waals surface area contributed by atoms with Crippen LogP contribution >= 0.6 is 0 Å². The van der Waals surface area contributed by atoms with Gasteiger partial charge in [0, 0.05) is 48.7 Å². The molecule has 3 amide bonds. The molecule has 0 saturated heterocycles. The van der Waals surface area contributed by atoms with Crippen LogP contribution in [0.4, 0.5) is 0 Å². The highest BCUT2D eigenvalue weighted by Crippen LogP contribution is 2.30. The summed E-state index contributed by atoms with van der Waals surface area (Å²) in [5.74, 6) is -1.72. The predicted octanol–water partition coefficient (Wildman–Crippen LogP) is 2.39. The number of amidine groups is 1. The van der Waals surface area contributed by atoms with E-state index in [9.17, 15) is 19.2 Å². The van der Waals surface area contributed by atoms with Gasteiger partial charge < -0.3 is 30.6 Å². The maximum atomic E-state index is 13.6. The molecule has 3 aromatic rings. The molecule has 1 aromatic heterocycles. The zero-order valence-electron chi connectivity index (χ0n) is 25.1. The normalized spacial score (nSPS) is 19.6. The molecule has 0 aliphatic carbocycles. The highest BCUT2D eigenvalue weighted by atomic mass is 16.5. The van der Waals surface area contributed by atoms with Crippen molar-refractivity contribution >= 4 is 51.3 Å². The van der Waals surface area contributed by atoms with E-state index in [2.05, 4.69) is 50.1 Å². The van der Waals surface area contributed by atoms with Gasteiger partial charge in [-0.2, -0.15) is 0 Å². The average molecular weight is 589 g/mol. The molecule has 4 rings (SSSR count). The number of methoxy groups -OCH3 is 1. The van der Waals surface area contributed by atoms with Crippen LogP contribution in [0.1, 0.15) is 44.2 Å². The third-order valence-corrected chi connectivity index (χ3v) is 7.66. The van der Waals surface area contributed by atoms with Crippen molar-refractivity contribution in [1.82, 2.24) is 25.8 Å². The van der Waals surface area contributed by atoms with E-state index in [0.717, 1.165) is 32.9 Å². The Bertz CT molecular complexity index is 1580. The number of aromatic nitrogens is 1. The van der Waals surface area contributed by atoms with Crippen molar-refractivity contribution in [2.75, 3.05) is 13.7 Å². The molecule has 11 nitrogen and oxygen atoms in total. The molecular formula is C32H40N6O5. The number of rotatable bonds is 6. The van der Waals surface area contributed by atoms with Crippen LogP contribution in [-0.4, -0.2) is 65.9 Å². The van der Waals surface area contributed by atoms with Crippen LogP contribution in [0.25, 0.3) is 21.8 Å². The number of fused-ring (bicyclic) bond motifs is 2. The SMILES string of the molecule is COC(=O)[C@@H]1CC=CCc2ccc3c(c2)c2cc(ccc2n3C)C[C@H](NC(C)=O)C(=O)N[C@@H](CCCNC(C)=N)C(=O)N1. The molecule has 5 N–H and O–H groups in total. The number of ether oxygens (including phenoxy) is 1. The van der Waals surface area contributed by atoms with Gasteiger partial charge in [0.2, 0.25) is 17.7 Å². The van der Waals surface area contributed by atoms with Crippen molar-refractivity contribution in [3.05, 3.63) is 59.7 Å². The van der Waals surface area contributed by atoms with Gasteiger partial charge in [-0.3, -0.25) is 19.8 Å². The largest absolute Gasteiger partial charge is 0.467 e. The molecule has 228 valence electrons. The summed E-state index contributed by atoms with van der Waals surface area (Å²) < 4.78 is 7.07. The lowest BCUT2D eigenvalue weighted by molar-refractivity contribution is -0.145. The first kappa shape index (κ1) is 31.3. The molecule has 4 bridgehead atoms. The Morgan fingerprint density at radius 3 is 2.33 bits per heavy atom. The van der Waals surface area contributed by atoms with Gasteiger partial charge in [0.05, 0.1) is 12.9 Å². The van der Waals surface area contributed by atoms with Crippen molar-refractivity contribution in [3.8, 4) is 0 Å². The van der Waals surface area contributed by atoms with Gasteiger partial charge in [-0.1, -0.05) is 24.3 Å². The van der Waals surface area contributed by atoms with Gasteiger partial charge >= 0.3 is 5.97 Å². The molecule has 43 heavy (non-hydrogen) atoms. The lowest BCUT2D eigenvalue weighted by Crippen LogP contribution is -2.56. The summed E-state index contributed by atoms with van der Waals surface area (Å²) >= 11 is 0. The second-order valence-electron chi connectivity index (χ2n) is 11.0. The Hall–Kier alpha value is -4.67. The van der Waals surface area contributed by atoms with Gasteiger partial charge in [0.15, 0.2) is 0 Å². The second-order valence-corrected chi connectivity index (χ2v) is 11.0. The third kappa shape index (κ3) is 7.79. The highest BCUT2D eigenvalue weighted by molar-refractivity contribution is 6.08. The number of nitrogens with one attached hydrogen (secondary N) is 5. The quantitative estimate of drug-likeness (QED) is 0.0980. The Kier molecular flexibility index (Phi) is 10.2. The smallest absolute Gasteiger partial charge is 0.328 e. The molecular weight excluding hydrogens is 548 g/mol. The van der Waals surface area contributed by atoms with Gasteiger partial charge in [-0.25, -0.2) is 4.79 Å².